The molecular weight excluding hydrogens is 271 g/mol. The first kappa shape index (κ1) is 12.9. The van der Waals surface area contributed by atoms with Crippen LogP contribution in [0.25, 0.3) is 22.4 Å². The molecule has 3 aromatic rings. The largest absolute Gasteiger partial charge is 0.382 e. The number of nitrogens with zero attached hydrogens (tertiary/aromatic N) is 3. The average Bonchev–Trinajstić information content (AvgIpc) is 2.90. The number of aromatic amines is 1. The number of amidine groups is 1. The Morgan fingerprint density at radius 3 is 2.95 bits per heavy atom. The number of nitrogens with two attached hydrogens (primary N) is 1. The van der Waals surface area contributed by atoms with Gasteiger partial charge in [0.05, 0.1) is 22.8 Å². The van der Waals surface area contributed by atoms with Gasteiger partial charge >= 0.3 is 0 Å². The van der Waals surface area contributed by atoms with Crippen molar-refractivity contribution in [3.8, 4) is 11.4 Å². The van der Waals surface area contributed by atoms with Gasteiger partial charge in [-0.3, -0.25) is 10.4 Å². The number of halogens is 1. The second-order valence-electron chi connectivity index (χ2n) is 4.30. The van der Waals surface area contributed by atoms with E-state index in [-0.39, 0.29) is 11.7 Å². The number of H-pyrrole nitrogens is 1. The maximum absolute atomic E-state index is 13.8. The van der Waals surface area contributed by atoms with Crippen LogP contribution in [0.1, 0.15) is 5.69 Å². The number of rotatable bonds is 3. The van der Waals surface area contributed by atoms with E-state index in [0.29, 0.717) is 28.1 Å². The van der Waals surface area contributed by atoms with Crippen LogP contribution in [0.4, 0.5) is 4.39 Å². The molecule has 0 aliphatic heterocycles. The molecule has 0 saturated carbocycles. The van der Waals surface area contributed by atoms with Gasteiger partial charge in [0.1, 0.15) is 23.7 Å². The molecule has 0 radical (unpaired) electrons. The third kappa shape index (κ3) is 2.36. The summed E-state index contributed by atoms with van der Waals surface area (Å²) in [6.07, 6.45) is 2.39. The zero-order chi connectivity index (χ0) is 14.8. The minimum atomic E-state index is -0.352. The summed E-state index contributed by atoms with van der Waals surface area (Å²) in [5.74, 6) is 0.196. The number of nitrogens with one attached hydrogen (secondary N) is 2. The molecule has 0 spiro atoms. The summed E-state index contributed by atoms with van der Waals surface area (Å²) in [4.78, 5) is 15.1. The summed E-state index contributed by atoms with van der Waals surface area (Å²) in [6, 6.07) is 8.02. The second-order valence-corrected chi connectivity index (χ2v) is 4.30. The highest BCUT2D eigenvalue weighted by Gasteiger charge is 2.11. The SMILES string of the molecule is N=CN=C(N)c1cc2nc(-c3ccccc3F)[nH]c2cn1. The van der Waals surface area contributed by atoms with Gasteiger partial charge in [-0.2, -0.15) is 0 Å². The van der Waals surface area contributed by atoms with Crippen LogP contribution in [0.15, 0.2) is 41.5 Å². The minimum Gasteiger partial charge on any atom is -0.382 e. The van der Waals surface area contributed by atoms with E-state index in [4.69, 9.17) is 11.1 Å². The number of imidazole rings is 1. The van der Waals surface area contributed by atoms with E-state index < -0.39 is 0 Å². The fourth-order valence-electron chi connectivity index (χ4n) is 1.97. The lowest BCUT2D eigenvalue weighted by atomic mass is 10.2. The summed E-state index contributed by atoms with van der Waals surface area (Å²) < 4.78 is 13.8. The van der Waals surface area contributed by atoms with Gasteiger partial charge in [-0.15, -0.1) is 0 Å². The summed E-state index contributed by atoms with van der Waals surface area (Å²) in [6.45, 7) is 0. The Morgan fingerprint density at radius 2 is 2.19 bits per heavy atom. The molecule has 0 amide bonds. The summed E-state index contributed by atoms with van der Waals surface area (Å²) in [5, 5.41) is 6.90. The topological polar surface area (TPSA) is 104 Å². The molecule has 1 aromatic carbocycles. The van der Waals surface area contributed by atoms with E-state index in [1.54, 1.807) is 30.5 Å². The maximum Gasteiger partial charge on any atom is 0.151 e. The van der Waals surface area contributed by atoms with Gasteiger partial charge in [-0.25, -0.2) is 14.4 Å². The van der Waals surface area contributed by atoms with Crippen molar-refractivity contribution in [2.45, 2.75) is 0 Å². The summed E-state index contributed by atoms with van der Waals surface area (Å²) >= 11 is 0. The molecule has 2 aromatic heterocycles. The molecule has 0 aliphatic rings. The van der Waals surface area contributed by atoms with Crippen molar-refractivity contribution >= 4 is 23.2 Å². The van der Waals surface area contributed by atoms with Crippen molar-refractivity contribution in [3.05, 3.63) is 48.0 Å². The standard InChI is InChI=1S/C14H11FN6/c15-9-4-2-1-3-8(9)14-20-10-5-11(13(17)19-7-16)18-6-12(10)21-14/h1-7H,(H,20,21)(H3,16,17,19). The number of aromatic nitrogens is 3. The number of hydrogen-bond acceptors (Lipinski definition) is 3. The van der Waals surface area contributed by atoms with E-state index >= 15 is 0 Å². The molecule has 0 saturated heterocycles. The van der Waals surface area contributed by atoms with Crippen LogP contribution in [0.5, 0.6) is 0 Å². The third-order valence-electron chi connectivity index (χ3n) is 2.96. The normalized spacial score (nSPS) is 11.8. The first-order valence-corrected chi connectivity index (χ1v) is 6.12. The Bertz CT molecular complexity index is 852. The van der Waals surface area contributed by atoms with Gasteiger partial charge < -0.3 is 10.7 Å². The zero-order valence-corrected chi connectivity index (χ0v) is 10.8. The first-order chi connectivity index (χ1) is 10.2. The fourth-order valence-corrected chi connectivity index (χ4v) is 1.97. The Balaban J connectivity index is 2.11. The van der Waals surface area contributed by atoms with Crippen molar-refractivity contribution in [1.82, 2.24) is 15.0 Å². The lowest BCUT2D eigenvalue weighted by Gasteiger charge is -1.96. The van der Waals surface area contributed by atoms with Crippen LogP contribution in [-0.4, -0.2) is 27.1 Å². The Kier molecular flexibility index (Phi) is 3.15. The molecule has 6 nitrogen and oxygen atoms in total. The van der Waals surface area contributed by atoms with Gasteiger partial charge in [0, 0.05) is 0 Å². The lowest BCUT2D eigenvalue weighted by molar-refractivity contribution is 0.630. The van der Waals surface area contributed by atoms with Crippen molar-refractivity contribution in [3.63, 3.8) is 0 Å². The van der Waals surface area contributed by atoms with Crippen molar-refractivity contribution in [2.24, 2.45) is 10.7 Å². The first-order valence-electron chi connectivity index (χ1n) is 6.12. The number of hydrogen-bond donors (Lipinski definition) is 3. The Labute approximate surface area is 119 Å². The van der Waals surface area contributed by atoms with Gasteiger partial charge in [0.2, 0.25) is 0 Å². The molecule has 0 atom stereocenters. The molecule has 0 bridgehead atoms. The van der Waals surface area contributed by atoms with E-state index in [9.17, 15) is 4.39 Å². The zero-order valence-electron chi connectivity index (χ0n) is 10.8. The van der Waals surface area contributed by atoms with Crippen LogP contribution >= 0.6 is 0 Å². The predicted octanol–water partition coefficient (Wildman–Crippen LogP) is 2.08. The van der Waals surface area contributed by atoms with Gasteiger partial charge in [0.15, 0.2) is 5.84 Å². The molecule has 0 aliphatic carbocycles. The summed E-state index contributed by atoms with van der Waals surface area (Å²) in [5.41, 5.74) is 7.74. The molecule has 104 valence electrons. The highest BCUT2D eigenvalue weighted by Crippen LogP contribution is 2.22. The van der Waals surface area contributed by atoms with Crippen LogP contribution < -0.4 is 5.73 Å². The van der Waals surface area contributed by atoms with Crippen LogP contribution in [-0.2, 0) is 0 Å². The fraction of sp³-hybridized carbons (Fsp3) is 0. The molecule has 21 heavy (non-hydrogen) atoms. The Hall–Kier alpha value is -3.09. The molecule has 3 rings (SSSR count). The van der Waals surface area contributed by atoms with Crippen molar-refractivity contribution in [1.29, 1.82) is 5.41 Å². The number of aliphatic imine (C=N–C) groups is 1. The predicted molar refractivity (Wildman–Crippen MR) is 78.8 cm³/mol. The molecule has 7 heteroatoms. The van der Waals surface area contributed by atoms with Gasteiger partial charge in [0.25, 0.3) is 0 Å². The maximum atomic E-state index is 13.8. The highest BCUT2D eigenvalue weighted by molar-refractivity contribution is 6.01. The van der Waals surface area contributed by atoms with Crippen molar-refractivity contribution in [2.75, 3.05) is 0 Å². The van der Waals surface area contributed by atoms with Crippen LogP contribution in [0.3, 0.4) is 0 Å². The van der Waals surface area contributed by atoms with Crippen LogP contribution in [0.2, 0.25) is 0 Å². The quantitative estimate of drug-likeness (QED) is 0.506. The van der Waals surface area contributed by atoms with Crippen molar-refractivity contribution < 1.29 is 4.39 Å². The minimum absolute atomic E-state index is 0.127. The highest BCUT2D eigenvalue weighted by atomic mass is 19.1. The number of benzene rings is 1. The van der Waals surface area contributed by atoms with E-state index in [0.717, 1.165) is 6.34 Å². The van der Waals surface area contributed by atoms with Gasteiger partial charge in [-0.05, 0) is 18.2 Å². The second kappa shape index (κ2) is 5.12. The lowest BCUT2D eigenvalue weighted by Crippen LogP contribution is -2.14. The smallest absolute Gasteiger partial charge is 0.151 e. The molecule has 0 fully saturated rings. The molecule has 0 unspecified atom stereocenters. The molecular formula is C14H11FN6. The van der Waals surface area contributed by atoms with E-state index in [1.807, 2.05) is 0 Å². The van der Waals surface area contributed by atoms with E-state index in [1.165, 1.54) is 6.07 Å². The monoisotopic (exact) mass is 282 g/mol. The third-order valence-corrected chi connectivity index (χ3v) is 2.96. The Morgan fingerprint density at radius 1 is 1.38 bits per heavy atom. The average molecular weight is 282 g/mol. The van der Waals surface area contributed by atoms with E-state index in [2.05, 4.69) is 19.9 Å². The van der Waals surface area contributed by atoms with Gasteiger partial charge in [-0.1, -0.05) is 12.1 Å². The molecule has 2 heterocycles. The van der Waals surface area contributed by atoms with Crippen LogP contribution in [0, 0.1) is 11.2 Å². The summed E-state index contributed by atoms with van der Waals surface area (Å²) in [7, 11) is 0. The number of pyridine rings is 1. The number of fused-ring (bicyclic) bond motifs is 1. The molecule has 4 N–H and O–H groups in total.